The first-order chi connectivity index (χ1) is 11.5. The number of allylic oxidation sites excluding steroid dienone is 1. The summed E-state index contributed by atoms with van der Waals surface area (Å²) >= 11 is 0. The molecule has 0 aromatic heterocycles. The van der Waals surface area contributed by atoms with Gasteiger partial charge in [0.25, 0.3) is 0 Å². The van der Waals surface area contributed by atoms with Gasteiger partial charge in [-0.15, -0.1) is 6.58 Å². The lowest BCUT2D eigenvalue weighted by Gasteiger charge is -2.23. The Kier molecular flexibility index (Phi) is 8.47. The molecule has 0 aliphatic rings. The highest BCUT2D eigenvalue weighted by Crippen LogP contribution is 2.26. The third-order valence-electron chi connectivity index (χ3n) is 3.89. The summed E-state index contributed by atoms with van der Waals surface area (Å²) in [6.45, 7) is 3.54. The Bertz CT molecular complexity index is 548. The quantitative estimate of drug-likeness (QED) is 0.374. The zero-order chi connectivity index (χ0) is 17.9. The van der Waals surface area contributed by atoms with Crippen LogP contribution in [0.2, 0.25) is 0 Å². The van der Waals surface area contributed by atoms with Crippen molar-refractivity contribution in [2.24, 2.45) is 11.8 Å². The fourth-order valence-corrected chi connectivity index (χ4v) is 2.66. The van der Waals surface area contributed by atoms with Crippen LogP contribution in [0.3, 0.4) is 0 Å². The lowest BCUT2D eigenvalue weighted by molar-refractivity contribution is -0.161. The van der Waals surface area contributed by atoms with Gasteiger partial charge >= 0.3 is 11.9 Å². The maximum absolute atomic E-state index is 12.0. The van der Waals surface area contributed by atoms with Gasteiger partial charge < -0.3 is 9.47 Å². The predicted molar refractivity (Wildman–Crippen MR) is 90.2 cm³/mol. The highest BCUT2D eigenvalue weighted by molar-refractivity contribution is 5.96. The molecule has 130 valence electrons. The average molecular weight is 332 g/mol. The van der Waals surface area contributed by atoms with Crippen LogP contribution < -0.4 is 0 Å². The van der Waals surface area contributed by atoms with Crippen LogP contribution in [0.4, 0.5) is 0 Å². The molecule has 0 aliphatic carbocycles. The molecule has 0 amide bonds. The van der Waals surface area contributed by atoms with Gasteiger partial charge in [0.2, 0.25) is 0 Å². The zero-order valence-electron chi connectivity index (χ0n) is 14.2. The van der Waals surface area contributed by atoms with Crippen molar-refractivity contribution < 1.29 is 23.9 Å². The van der Waals surface area contributed by atoms with E-state index >= 15 is 0 Å². The van der Waals surface area contributed by atoms with Crippen molar-refractivity contribution in [3.8, 4) is 0 Å². The molecule has 0 saturated carbocycles. The third-order valence-corrected chi connectivity index (χ3v) is 3.89. The normalized spacial score (nSPS) is 11.6. The Morgan fingerprint density at radius 3 is 2.17 bits per heavy atom. The molecule has 0 radical (unpaired) electrons. The number of carbonyl (C=O) groups is 3. The number of ether oxygens (including phenoxy) is 2. The lowest BCUT2D eigenvalue weighted by atomic mass is 9.83. The third kappa shape index (κ3) is 5.99. The zero-order valence-corrected chi connectivity index (χ0v) is 14.2. The summed E-state index contributed by atoms with van der Waals surface area (Å²) in [7, 11) is 2.44. The predicted octanol–water partition coefficient (Wildman–Crippen LogP) is 2.73. The van der Waals surface area contributed by atoms with E-state index in [1.807, 2.05) is 30.3 Å². The summed E-state index contributed by atoms with van der Waals surface area (Å²) in [5, 5.41) is 0. The Hall–Kier alpha value is -2.43. The molecule has 1 rings (SSSR count). The van der Waals surface area contributed by atoms with Crippen LogP contribution in [0.25, 0.3) is 0 Å². The molecule has 5 heteroatoms. The number of hydrogen-bond donors (Lipinski definition) is 0. The van der Waals surface area contributed by atoms with Gasteiger partial charge in [0.15, 0.2) is 5.92 Å². The fraction of sp³-hybridized carbons (Fsp3) is 0.421. The van der Waals surface area contributed by atoms with Crippen LogP contribution >= 0.6 is 0 Å². The monoisotopic (exact) mass is 332 g/mol. The first-order valence-corrected chi connectivity index (χ1v) is 7.85. The SMILES string of the molecule is C=CCC(=O)CC(CCc1ccccc1)C(C(=O)OC)C(=O)OC. The Labute approximate surface area is 142 Å². The molecule has 0 aliphatic heterocycles. The molecule has 0 N–H and O–H groups in total. The van der Waals surface area contributed by atoms with E-state index in [1.54, 1.807) is 0 Å². The molecule has 1 aromatic carbocycles. The minimum absolute atomic E-state index is 0.0686. The van der Waals surface area contributed by atoms with Crippen LogP contribution in [-0.4, -0.2) is 31.9 Å². The minimum atomic E-state index is -1.10. The van der Waals surface area contributed by atoms with Crippen molar-refractivity contribution in [1.82, 2.24) is 0 Å². The van der Waals surface area contributed by atoms with Gasteiger partial charge in [-0.1, -0.05) is 36.4 Å². The molecule has 1 atom stereocenters. The standard InChI is InChI=1S/C19H24O5/c1-4-8-16(20)13-15(12-11-14-9-6-5-7-10-14)17(18(21)23-2)19(22)24-3/h4-7,9-10,15,17H,1,8,11-13H2,2-3H3. The number of rotatable bonds is 10. The first kappa shape index (κ1) is 19.6. The molecular formula is C19H24O5. The fourth-order valence-electron chi connectivity index (χ4n) is 2.66. The largest absolute Gasteiger partial charge is 0.468 e. The number of methoxy groups -OCH3 is 2. The first-order valence-electron chi connectivity index (χ1n) is 7.85. The number of aryl methyl sites for hydroxylation is 1. The molecule has 0 heterocycles. The number of Topliss-reactive ketones (excluding diaryl/α,β-unsaturated/α-hetero) is 1. The van der Waals surface area contributed by atoms with E-state index in [-0.39, 0.29) is 18.6 Å². The van der Waals surface area contributed by atoms with E-state index < -0.39 is 23.8 Å². The second-order valence-electron chi connectivity index (χ2n) is 5.54. The molecular weight excluding hydrogens is 308 g/mol. The maximum atomic E-state index is 12.0. The van der Waals surface area contributed by atoms with Gasteiger partial charge in [0.05, 0.1) is 14.2 Å². The molecule has 0 saturated heterocycles. The van der Waals surface area contributed by atoms with E-state index in [1.165, 1.54) is 20.3 Å². The summed E-state index contributed by atoms with van der Waals surface area (Å²) < 4.78 is 9.48. The highest BCUT2D eigenvalue weighted by Gasteiger charge is 2.37. The van der Waals surface area contributed by atoms with Gasteiger partial charge in [-0.25, -0.2) is 0 Å². The Morgan fingerprint density at radius 2 is 1.67 bits per heavy atom. The Balaban J connectivity index is 2.95. The van der Waals surface area contributed by atoms with Gasteiger partial charge in [-0.05, 0) is 24.3 Å². The van der Waals surface area contributed by atoms with Gasteiger partial charge in [-0.3, -0.25) is 14.4 Å². The number of ketones is 1. The molecule has 1 unspecified atom stereocenters. The van der Waals surface area contributed by atoms with Gasteiger partial charge in [0, 0.05) is 12.8 Å². The summed E-state index contributed by atoms with van der Waals surface area (Å²) in [5.74, 6) is -2.99. The molecule has 5 nitrogen and oxygen atoms in total. The van der Waals surface area contributed by atoms with E-state index in [9.17, 15) is 14.4 Å². The van der Waals surface area contributed by atoms with Crippen LogP contribution in [-0.2, 0) is 30.3 Å². The smallest absolute Gasteiger partial charge is 0.320 e. The average Bonchev–Trinajstić information content (AvgIpc) is 2.60. The second-order valence-corrected chi connectivity index (χ2v) is 5.54. The molecule has 1 aromatic rings. The Morgan fingerprint density at radius 1 is 1.08 bits per heavy atom. The van der Waals surface area contributed by atoms with Crippen LogP contribution in [0, 0.1) is 11.8 Å². The summed E-state index contributed by atoms with van der Waals surface area (Å²) in [6, 6.07) is 9.69. The van der Waals surface area contributed by atoms with Crippen molar-refractivity contribution >= 4 is 17.7 Å². The number of benzene rings is 1. The van der Waals surface area contributed by atoms with Crippen molar-refractivity contribution in [3.63, 3.8) is 0 Å². The summed E-state index contributed by atoms with van der Waals surface area (Å²) in [5.41, 5.74) is 1.08. The van der Waals surface area contributed by atoms with Crippen molar-refractivity contribution in [2.45, 2.75) is 25.7 Å². The summed E-state index contributed by atoms with van der Waals surface area (Å²) in [6.07, 6.45) is 2.98. The van der Waals surface area contributed by atoms with Crippen molar-refractivity contribution in [2.75, 3.05) is 14.2 Å². The maximum Gasteiger partial charge on any atom is 0.320 e. The van der Waals surface area contributed by atoms with Crippen LogP contribution in [0.1, 0.15) is 24.8 Å². The second kappa shape index (κ2) is 10.4. The number of carbonyl (C=O) groups excluding carboxylic acids is 3. The van der Waals surface area contributed by atoms with Crippen LogP contribution in [0.15, 0.2) is 43.0 Å². The molecule has 0 fully saturated rings. The van der Waals surface area contributed by atoms with E-state index in [2.05, 4.69) is 6.58 Å². The molecule has 0 bridgehead atoms. The van der Waals surface area contributed by atoms with Crippen LogP contribution in [0.5, 0.6) is 0 Å². The van der Waals surface area contributed by atoms with Gasteiger partial charge in [0.1, 0.15) is 5.78 Å². The number of hydrogen-bond acceptors (Lipinski definition) is 5. The topological polar surface area (TPSA) is 69.7 Å². The van der Waals surface area contributed by atoms with E-state index in [0.717, 1.165) is 5.56 Å². The summed E-state index contributed by atoms with van der Waals surface area (Å²) in [4.78, 5) is 36.1. The molecule has 24 heavy (non-hydrogen) atoms. The van der Waals surface area contributed by atoms with Crippen molar-refractivity contribution in [3.05, 3.63) is 48.6 Å². The minimum Gasteiger partial charge on any atom is -0.468 e. The van der Waals surface area contributed by atoms with E-state index in [0.29, 0.717) is 12.8 Å². The van der Waals surface area contributed by atoms with Crippen molar-refractivity contribution in [1.29, 1.82) is 0 Å². The number of esters is 2. The lowest BCUT2D eigenvalue weighted by Crippen LogP contribution is -2.35. The highest BCUT2D eigenvalue weighted by atomic mass is 16.5. The van der Waals surface area contributed by atoms with Gasteiger partial charge in [-0.2, -0.15) is 0 Å². The van der Waals surface area contributed by atoms with E-state index in [4.69, 9.17) is 9.47 Å². The molecule has 0 spiro atoms.